The number of nitrogens with zero attached hydrogens (tertiary/aromatic N) is 4. The number of hydrogen-bond acceptors (Lipinski definition) is 6. The van der Waals surface area contributed by atoms with E-state index in [1.165, 1.54) is 17.3 Å². The molecule has 0 atom stereocenters. The molecule has 0 bridgehead atoms. The first-order chi connectivity index (χ1) is 15.1. The Morgan fingerprint density at radius 1 is 1.13 bits per heavy atom. The van der Waals surface area contributed by atoms with Crippen LogP contribution in [-0.2, 0) is 17.6 Å². The first kappa shape index (κ1) is 22.7. The van der Waals surface area contributed by atoms with E-state index in [0.29, 0.717) is 29.0 Å². The van der Waals surface area contributed by atoms with Crippen molar-refractivity contribution in [3.05, 3.63) is 59.9 Å². The van der Waals surface area contributed by atoms with Crippen LogP contribution in [0.3, 0.4) is 0 Å². The maximum atomic E-state index is 12.7. The summed E-state index contributed by atoms with van der Waals surface area (Å²) in [6.45, 7) is 2.73. The summed E-state index contributed by atoms with van der Waals surface area (Å²) >= 11 is 1.40. The SMILES string of the molecule is CCc1ccccc1-n1cnnc1SCC(=O)N(C)CCc1ccc(OC)c(OC)c1. The van der Waals surface area contributed by atoms with Gasteiger partial charge in [-0.25, -0.2) is 0 Å². The number of aromatic nitrogens is 3. The van der Waals surface area contributed by atoms with Crippen LogP contribution in [0, 0.1) is 0 Å². The molecule has 1 heterocycles. The van der Waals surface area contributed by atoms with E-state index in [4.69, 9.17) is 9.47 Å². The standard InChI is InChI=1S/C23H28N4O3S/c1-5-18-8-6-7-9-19(18)27-16-24-25-23(27)31-15-22(28)26(2)13-12-17-10-11-20(29-3)21(14-17)30-4/h6-11,14,16H,5,12-13,15H2,1-4H3. The second-order valence-electron chi connectivity index (χ2n) is 7.01. The molecular formula is C23H28N4O3S. The molecule has 0 radical (unpaired) electrons. The fraction of sp³-hybridized carbons (Fsp3) is 0.348. The Bertz CT molecular complexity index is 1020. The molecule has 0 unspecified atom stereocenters. The number of rotatable bonds is 10. The number of benzene rings is 2. The van der Waals surface area contributed by atoms with Crippen LogP contribution in [0.25, 0.3) is 5.69 Å². The summed E-state index contributed by atoms with van der Waals surface area (Å²) in [6, 6.07) is 14.0. The molecular weight excluding hydrogens is 412 g/mol. The maximum Gasteiger partial charge on any atom is 0.232 e. The van der Waals surface area contributed by atoms with Crippen LogP contribution in [0.4, 0.5) is 0 Å². The van der Waals surface area contributed by atoms with Gasteiger partial charge in [0.2, 0.25) is 5.91 Å². The lowest BCUT2D eigenvalue weighted by Crippen LogP contribution is -2.30. The molecule has 0 aliphatic rings. The molecule has 1 amide bonds. The number of carbonyl (C=O) groups is 1. The summed E-state index contributed by atoms with van der Waals surface area (Å²) in [6.07, 6.45) is 3.34. The van der Waals surface area contributed by atoms with Crippen molar-refractivity contribution in [3.63, 3.8) is 0 Å². The number of thioether (sulfide) groups is 1. The molecule has 2 aromatic carbocycles. The van der Waals surface area contributed by atoms with E-state index < -0.39 is 0 Å². The molecule has 7 nitrogen and oxygen atoms in total. The van der Waals surface area contributed by atoms with Crippen LogP contribution < -0.4 is 9.47 Å². The van der Waals surface area contributed by atoms with Crippen LogP contribution in [0.2, 0.25) is 0 Å². The normalized spacial score (nSPS) is 10.7. The second kappa shape index (κ2) is 10.9. The van der Waals surface area contributed by atoms with Gasteiger partial charge in [-0.2, -0.15) is 0 Å². The number of methoxy groups -OCH3 is 2. The van der Waals surface area contributed by atoms with E-state index in [-0.39, 0.29) is 5.91 Å². The van der Waals surface area contributed by atoms with E-state index in [2.05, 4.69) is 23.2 Å². The van der Waals surface area contributed by atoms with Gasteiger partial charge in [-0.05, 0) is 42.2 Å². The minimum atomic E-state index is 0.0452. The number of ether oxygens (including phenoxy) is 2. The van der Waals surface area contributed by atoms with Gasteiger partial charge in [0.05, 0.1) is 25.7 Å². The third-order valence-corrected chi connectivity index (χ3v) is 6.01. The van der Waals surface area contributed by atoms with Gasteiger partial charge >= 0.3 is 0 Å². The molecule has 164 valence electrons. The van der Waals surface area contributed by atoms with Gasteiger partial charge < -0.3 is 14.4 Å². The number of likely N-dealkylation sites (N-methyl/N-ethyl adjacent to an activating group) is 1. The highest BCUT2D eigenvalue weighted by Crippen LogP contribution is 2.28. The van der Waals surface area contributed by atoms with Crippen molar-refractivity contribution in [1.82, 2.24) is 19.7 Å². The zero-order valence-corrected chi connectivity index (χ0v) is 19.2. The van der Waals surface area contributed by atoms with E-state index in [1.54, 1.807) is 25.4 Å². The largest absolute Gasteiger partial charge is 0.493 e. The van der Waals surface area contributed by atoms with Crippen LogP contribution in [-0.4, -0.2) is 59.1 Å². The summed E-state index contributed by atoms with van der Waals surface area (Å²) in [5.41, 5.74) is 3.34. The minimum Gasteiger partial charge on any atom is -0.493 e. The molecule has 0 fully saturated rings. The van der Waals surface area contributed by atoms with E-state index >= 15 is 0 Å². The average molecular weight is 441 g/mol. The summed E-state index contributed by atoms with van der Waals surface area (Å²) in [4.78, 5) is 14.4. The highest BCUT2D eigenvalue weighted by molar-refractivity contribution is 7.99. The lowest BCUT2D eigenvalue weighted by Gasteiger charge is -2.17. The lowest BCUT2D eigenvalue weighted by molar-refractivity contribution is -0.127. The fourth-order valence-corrected chi connectivity index (χ4v) is 4.09. The third kappa shape index (κ3) is 5.58. The minimum absolute atomic E-state index is 0.0452. The number of amides is 1. The Balaban J connectivity index is 1.58. The van der Waals surface area contributed by atoms with Crippen molar-refractivity contribution in [2.24, 2.45) is 0 Å². The van der Waals surface area contributed by atoms with Gasteiger partial charge in [0.15, 0.2) is 16.7 Å². The van der Waals surface area contributed by atoms with Crippen molar-refractivity contribution in [1.29, 1.82) is 0 Å². The van der Waals surface area contributed by atoms with Gasteiger partial charge in [0.25, 0.3) is 0 Å². The highest BCUT2D eigenvalue weighted by atomic mass is 32.2. The van der Waals surface area contributed by atoms with Crippen molar-refractivity contribution in [2.75, 3.05) is 33.6 Å². The van der Waals surface area contributed by atoms with Crippen LogP contribution in [0.15, 0.2) is 53.9 Å². The van der Waals surface area contributed by atoms with Crippen molar-refractivity contribution >= 4 is 17.7 Å². The monoisotopic (exact) mass is 440 g/mol. The second-order valence-corrected chi connectivity index (χ2v) is 7.95. The number of para-hydroxylation sites is 1. The number of hydrogen-bond donors (Lipinski definition) is 0. The Morgan fingerprint density at radius 3 is 2.65 bits per heavy atom. The predicted octanol–water partition coefficient (Wildman–Crippen LogP) is 3.64. The molecule has 0 spiro atoms. The van der Waals surface area contributed by atoms with Gasteiger partial charge in [-0.15, -0.1) is 10.2 Å². The topological polar surface area (TPSA) is 69.5 Å². The Labute approximate surface area is 187 Å². The molecule has 0 aliphatic heterocycles. The van der Waals surface area contributed by atoms with Crippen molar-refractivity contribution < 1.29 is 14.3 Å². The molecule has 1 aromatic heterocycles. The quantitative estimate of drug-likeness (QED) is 0.449. The first-order valence-electron chi connectivity index (χ1n) is 10.1. The summed E-state index contributed by atoms with van der Waals surface area (Å²) < 4.78 is 12.6. The summed E-state index contributed by atoms with van der Waals surface area (Å²) in [7, 11) is 5.05. The van der Waals surface area contributed by atoms with Crippen LogP contribution in [0.1, 0.15) is 18.1 Å². The molecule has 0 saturated carbocycles. The highest BCUT2D eigenvalue weighted by Gasteiger charge is 2.15. The molecule has 31 heavy (non-hydrogen) atoms. The van der Waals surface area contributed by atoms with Crippen molar-refractivity contribution in [2.45, 2.75) is 24.9 Å². The van der Waals surface area contributed by atoms with Gasteiger partial charge in [0, 0.05) is 13.6 Å². The molecule has 0 aliphatic carbocycles. The van der Waals surface area contributed by atoms with E-state index in [0.717, 1.165) is 24.1 Å². The third-order valence-electron chi connectivity index (χ3n) is 5.08. The molecule has 0 N–H and O–H groups in total. The van der Waals surface area contributed by atoms with E-state index in [9.17, 15) is 4.79 Å². The summed E-state index contributed by atoms with van der Waals surface area (Å²) in [5, 5.41) is 8.97. The van der Waals surface area contributed by atoms with Gasteiger partial charge in [0.1, 0.15) is 6.33 Å². The Morgan fingerprint density at radius 2 is 1.90 bits per heavy atom. The van der Waals surface area contributed by atoms with Crippen molar-refractivity contribution in [3.8, 4) is 17.2 Å². The first-order valence-corrected chi connectivity index (χ1v) is 11.1. The smallest absolute Gasteiger partial charge is 0.232 e. The molecule has 3 rings (SSSR count). The fourth-order valence-electron chi connectivity index (χ4n) is 3.23. The zero-order valence-electron chi connectivity index (χ0n) is 18.4. The Hall–Kier alpha value is -3.00. The average Bonchev–Trinajstić information content (AvgIpc) is 3.28. The predicted molar refractivity (Wildman–Crippen MR) is 122 cm³/mol. The lowest BCUT2D eigenvalue weighted by atomic mass is 10.1. The van der Waals surface area contributed by atoms with Crippen LogP contribution >= 0.6 is 11.8 Å². The van der Waals surface area contributed by atoms with Crippen LogP contribution in [0.5, 0.6) is 11.5 Å². The molecule has 8 heteroatoms. The number of carbonyl (C=O) groups excluding carboxylic acids is 1. The maximum absolute atomic E-state index is 12.7. The molecule has 3 aromatic rings. The zero-order chi connectivity index (χ0) is 22.2. The number of aryl methyl sites for hydroxylation is 1. The van der Waals surface area contributed by atoms with E-state index in [1.807, 2.05) is 48.0 Å². The Kier molecular flexibility index (Phi) is 7.94. The van der Waals surface area contributed by atoms with Gasteiger partial charge in [-0.1, -0.05) is 43.0 Å². The molecule has 0 saturated heterocycles. The summed E-state index contributed by atoms with van der Waals surface area (Å²) in [5.74, 6) is 1.73. The van der Waals surface area contributed by atoms with Gasteiger partial charge in [-0.3, -0.25) is 9.36 Å².